The van der Waals surface area contributed by atoms with Gasteiger partial charge in [0, 0.05) is 33.3 Å². The second-order valence-electron chi connectivity index (χ2n) is 5.08. The Kier molecular flexibility index (Phi) is 11.3. The number of Topliss-reactive ketones (excluding diaryl/α,β-unsaturated/α-hetero) is 1. The molecule has 0 aromatic carbocycles. The number of carbonyl (C=O) groups is 4. The summed E-state index contributed by atoms with van der Waals surface area (Å²) in [6, 6.07) is 0. The number of hydrogen-bond acceptors (Lipinski definition) is 10. The number of carboxylic acids is 2. The van der Waals surface area contributed by atoms with E-state index in [0.717, 1.165) is 4.90 Å². The van der Waals surface area contributed by atoms with E-state index in [9.17, 15) is 29.4 Å². The zero-order valence-corrected chi connectivity index (χ0v) is 13.8. The fraction of sp³-hybridized carbons (Fsp3) is 0.714. The third-order valence-corrected chi connectivity index (χ3v) is 2.79. The van der Waals surface area contributed by atoms with Gasteiger partial charge in [-0.05, 0) is 6.92 Å². The first kappa shape index (κ1) is 22.0. The van der Waals surface area contributed by atoms with Crippen molar-refractivity contribution in [3.8, 4) is 0 Å². The van der Waals surface area contributed by atoms with Gasteiger partial charge in [0.2, 0.25) is 0 Å². The van der Waals surface area contributed by atoms with Crippen LogP contribution >= 0.6 is 0 Å². The maximum absolute atomic E-state index is 11.7. The molecule has 0 unspecified atom stereocenters. The number of nitrogens with zero attached hydrogens (tertiary/aromatic N) is 2. The maximum atomic E-state index is 11.7. The number of esters is 1. The van der Waals surface area contributed by atoms with Crippen molar-refractivity contribution in [1.29, 1.82) is 0 Å². The van der Waals surface area contributed by atoms with Crippen molar-refractivity contribution in [1.82, 2.24) is 9.80 Å². The molecule has 0 spiro atoms. The van der Waals surface area contributed by atoms with Crippen LogP contribution in [0.4, 0.5) is 0 Å². The van der Waals surface area contributed by atoms with E-state index in [0.29, 0.717) is 13.2 Å². The van der Waals surface area contributed by atoms with Gasteiger partial charge in [0.05, 0.1) is 31.6 Å². The lowest BCUT2D eigenvalue weighted by molar-refractivity contribution is -0.307. The van der Waals surface area contributed by atoms with Gasteiger partial charge in [-0.25, -0.2) is 0 Å². The molecule has 0 atom stereocenters. The highest BCUT2D eigenvalue weighted by Gasteiger charge is 2.14. The van der Waals surface area contributed by atoms with Gasteiger partial charge < -0.3 is 29.3 Å². The Morgan fingerprint density at radius 1 is 0.833 bits per heavy atom. The Morgan fingerprint density at radius 3 is 1.88 bits per heavy atom. The molecule has 0 fully saturated rings. The molecule has 10 nitrogen and oxygen atoms in total. The lowest BCUT2D eigenvalue weighted by Crippen LogP contribution is -2.44. The Balaban J connectivity index is 4.29. The SMILES string of the molecule is COCCN(CCOC(=O)CN(CC(C)=O)CC(=O)[O-])CC(=O)[O-]. The van der Waals surface area contributed by atoms with Crippen LogP contribution in [0.3, 0.4) is 0 Å². The van der Waals surface area contributed by atoms with Crippen LogP contribution < -0.4 is 10.2 Å². The van der Waals surface area contributed by atoms with Crippen LogP contribution in [-0.2, 0) is 28.7 Å². The number of ketones is 1. The minimum atomic E-state index is -1.41. The van der Waals surface area contributed by atoms with Crippen LogP contribution in [0, 0.1) is 0 Å². The first-order valence-electron chi connectivity index (χ1n) is 7.23. The molecule has 0 saturated heterocycles. The van der Waals surface area contributed by atoms with Crippen molar-refractivity contribution in [2.45, 2.75) is 6.92 Å². The minimum absolute atomic E-state index is 0.0882. The summed E-state index contributed by atoms with van der Waals surface area (Å²) in [7, 11) is 1.47. The summed E-state index contributed by atoms with van der Waals surface area (Å²) in [5.74, 6) is -3.70. The normalized spacial score (nSPS) is 10.8. The first-order chi connectivity index (χ1) is 11.2. The predicted octanol–water partition coefficient (Wildman–Crippen LogP) is -4.13. The fourth-order valence-corrected chi connectivity index (χ4v) is 1.85. The Bertz CT molecular complexity index is 424. The number of methoxy groups -OCH3 is 1. The molecule has 0 N–H and O–H groups in total. The maximum Gasteiger partial charge on any atom is 0.320 e. The molecule has 0 aromatic heterocycles. The molecule has 0 aliphatic heterocycles. The van der Waals surface area contributed by atoms with Gasteiger partial charge in [-0.3, -0.25) is 19.4 Å². The van der Waals surface area contributed by atoms with Crippen LogP contribution in [0.15, 0.2) is 0 Å². The lowest BCUT2D eigenvalue weighted by atomic mass is 10.3. The number of rotatable bonds is 14. The quantitative estimate of drug-likeness (QED) is 0.285. The summed E-state index contributed by atoms with van der Waals surface area (Å²) >= 11 is 0. The van der Waals surface area contributed by atoms with Crippen LogP contribution in [0.2, 0.25) is 0 Å². The van der Waals surface area contributed by atoms with Crippen molar-refractivity contribution in [3.63, 3.8) is 0 Å². The highest BCUT2D eigenvalue weighted by atomic mass is 16.5. The molecule has 138 valence electrons. The molecule has 0 heterocycles. The highest BCUT2D eigenvalue weighted by molar-refractivity contribution is 5.80. The number of hydrogen-bond donors (Lipinski definition) is 0. The Morgan fingerprint density at radius 2 is 1.38 bits per heavy atom. The Labute approximate surface area is 139 Å². The van der Waals surface area contributed by atoms with Gasteiger partial charge in [0.1, 0.15) is 12.4 Å². The predicted molar refractivity (Wildman–Crippen MR) is 76.4 cm³/mol. The summed E-state index contributed by atoms with van der Waals surface area (Å²) in [5, 5.41) is 21.2. The number of carboxylic acid groups (broad SMARTS) is 2. The Hall–Kier alpha value is -2.04. The van der Waals surface area contributed by atoms with Crippen molar-refractivity contribution in [2.24, 2.45) is 0 Å². The standard InChI is InChI=1S/C14H24N2O8/c1-11(17)7-16(9-13(20)21)10-14(22)24-6-4-15(3-5-23-2)8-12(18)19/h3-10H2,1-2H3,(H,18,19)(H,20,21)/p-2. The monoisotopic (exact) mass is 346 g/mol. The van der Waals surface area contributed by atoms with Crippen molar-refractivity contribution >= 4 is 23.7 Å². The summed E-state index contributed by atoms with van der Waals surface area (Å²) in [6.45, 7) is 0.455. The minimum Gasteiger partial charge on any atom is -0.549 e. The topological polar surface area (TPSA) is 139 Å². The van der Waals surface area contributed by atoms with E-state index in [-0.39, 0.29) is 38.6 Å². The average molecular weight is 346 g/mol. The van der Waals surface area contributed by atoms with Crippen molar-refractivity contribution in [3.05, 3.63) is 0 Å². The number of ether oxygens (including phenoxy) is 2. The van der Waals surface area contributed by atoms with E-state index >= 15 is 0 Å². The molecule has 0 amide bonds. The van der Waals surface area contributed by atoms with E-state index in [1.165, 1.54) is 18.9 Å². The second kappa shape index (κ2) is 12.4. The van der Waals surface area contributed by atoms with Crippen LogP contribution in [-0.4, -0.2) is 93.1 Å². The second-order valence-corrected chi connectivity index (χ2v) is 5.08. The molecular formula is C14H22N2O8-2. The summed E-state index contributed by atoms with van der Waals surface area (Å²) < 4.78 is 9.77. The van der Waals surface area contributed by atoms with E-state index < -0.39 is 24.5 Å². The van der Waals surface area contributed by atoms with Crippen molar-refractivity contribution in [2.75, 3.05) is 59.6 Å². The van der Waals surface area contributed by atoms with Crippen LogP contribution in [0.25, 0.3) is 0 Å². The molecule has 0 radical (unpaired) electrons. The molecule has 0 aliphatic carbocycles. The summed E-state index contributed by atoms with van der Waals surface area (Å²) in [5.41, 5.74) is 0. The molecule has 0 aromatic rings. The molecule has 24 heavy (non-hydrogen) atoms. The van der Waals surface area contributed by atoms with Crippen LogP contribution in [0.5, 0.6) is 0 Å². The lowest BCUT2D eigenvalue weighted by Gasteiger charge is -2.23. The number of aliphatic carboxylic acids is 2. The van der Waals surface area contributed by atoms with Gasteiger partial charge in [-0.2, -0.15) is 0 Å². The number of carbonyl (C=O) groups excluding carboxylic acids is 4. The molecule has 0 rings (SSSR count). The molecule has 0 saturated carbocycles. The average Bonchev–Trinajstić information content (AvgIpc) is 2.42. The van der Waals surface area contributed by atoms with E-state index in [4.69, 9.17) is 9.47 Å². The summed E-state index contributed by atoms with van der Waals surface area (Å²) in [6.07, 6.45) is 0. The van der Waals surface area contributed by atoms with E-state index in [1.807, 2.05) is 0 Å². The fourth-order valence-electron chi connectivity index (χ4n) is 1.85. The smallest absolute Gasteiger partial charge is 0.320 e. The molecule has 10 heteroatoms. The molecule has 0 bridgehead atoms. The van der Waals surface area contributed by atoms with Gasteiger partial charge in [-0.1, -0.05) is 0 Å². The first-order valence-corrected chi connectivity index (χ1v) is 7.23. The third-order valence-electron chi connectivity index (χ3n) is 2.79. The van der Waals surface area contributed by atoms with Gasteiger partial charge in [-0.15, -0.1) is 0 Å². The summed E-state index contributed by atoms with van der Waals surface area (Å²) in [4.78, 5) is 46.5. The van der Waals surface area contributed by atoms with E-state index in [1.54, 1.807) is 0 Å². The largest absolute Gasteiger partial charge is 0.549 e. The molecular weight excluding hydrogens is 324 g/mol. The van der Waals surface area contributed by atoms with Gasteiger partial charge in [0.15, 0.2) is 0 Å². The van der Waals surface area contributed by atoms with Gasteiger partial charge in [0.25, 0.3) is 0 Å². The zero-order valence-electron chi connectivity index (χ0n) is 13.8. The van der Waals surface area contributed by atoms with E-state index in [2.05, 4.69) is 0 Å². The highest BCUT2D eigenvalue weighted by Crippen LogP contribution is 1.93. The van der Waals surface area contributed by atoms with Gasteiger partial charge >= 0.3 is 5.97 Å². The molecule has 0 aliphatic rings. The third kappa shape index (κ3) is 12.5. The van der Waals surface area contributed by atoms with Crippen LogP contribution in [0.1, 0.15) is 6.92 Å². The zero-order chi connectivity index (χ0) is 18.5. The van der Waals surface area contributed by atoms with Crippen molar-refractivity contribution < 1.29 is 38.9 Å².